The van der Waals surface area contributed by atoms with Crippen LogP contribution in [0.1, 0.15) is 24.9 Å². The Morgan fingerprint density at radius 2 is 2.17 bits per heavy atom. The summed E-state index contributed by atoms with van der Waals surface area (Å²) >= 11 is 1.50. The number of fused-ring (bicyclic) bond motifs is 1. The Labute approximate surface area is 137 Å². The standard InChI is InChI=1S/C16H16N4O2S/c1-3-12(16(21)22)20-9-19-13-14(20)17-8-18-15(13)23-11-6-4-5-10(2)7-11/h4-9,12H,3H2,1-2H3,(H,21,22). The molecule has 0 aliphatic rings. The van der Waals surface area contributed by atoms with Gasteiger partial charge in [-0.1, -0.05) is 36.4 Å². The van der Waals surface area contributed by atoms with E-state index in [4.69, 9.17) is 0 Å². The highest BCUT2D eigenvalue weighted by molar-refractivity contribution is 7.99. The summed E-state index contributed by atoms with van der Waals surface area (Å²) in [6, 6.07) is 7.43. The predicted molar refractivity (Wildman–Crippen MR) is 87.6 cm³/mol. The molecule has 2 aromatic heterocycles. The third-order valence-electron chi connectivity index (χ3n) is 3.54. The van der Waals surface area contributed by atoms with Gasteiger partial charge in [-0.2, -0.15) is 0 Å². The van der Waals surface area contributed by atoms with Gasteiger partial charge in [0.25, 0.3) is 0 Å². The van der Waals surface area contributed by atoms with Crippen LogP contribution in [-0.4, -0.2) is 30.6 Å². The zero-order valence-corrected chi connectivity index (χ0v) is 13.6. The molecular formula is C16H16N4O2S. The van der Waals surface area contributed by atoms with Crippen LogP contribution in [0.3, 0.4) is 0 Å². The van der Waals surface area contributed by atoms with Gasteiger partial charge in [0.05, 0.1) is 6.33 Å². The zero-order chi connectivity index (χ0) is 16.4. The highest BCUT2D eigenvalue weighted by Gasteiger charge is 2.21. The minimum Gasteiger partial charge on any atom is -0.480 e. The van der Waals surface area contributed by atoms with Crippen molar-refractivity contribution < 1.29 is 9.90 Å². The van der Waals surface area contributed by atoms with Crippen molar-refractivity contribution in [3.63, 3.8) is 0 Å². The summed E-state index contributed by atoms with van der Waals surface area (Å²) in [5.74, 6) is -0.890. The van der Waals surface area contributed by atoms with Crippen molar-refractivity contribution in [2.75, 3.05) is 0 Å². The summed E-state index contributed by atoms with van der Waals surface area (Å²) in [4.78, 5) is 25.3. The molecule has 1 unspecified atom stereocenters. The lowest BCUT2D eigenvalue weighted by Gasteiger charge is -2.11. The van der Waals surface area contributed by atoms with E-state index in [1.54, 1.807) is 4.57 Å². The first-order valence-electron chi connectivity index (χ1n) is 7.25. The van der Waals surface area contributed by atoms with Crippen LogP contribution < -0.4 is 0 Å². The van der Waals surface area contributed by atoms with E-state index in [0.29, 0.717) is 17.6 Å². The summed E-state index contributed by atoms with van der Waals surface area (Å²) in [6.07, 6.45) is 3.44. The van der Waals surface area contributed by atoms with E-state index >= 15 is 0 Å². The van der Waals surface area contributed by atoms with Gasteiger partial charge in [-0.25, -0.2) is 19.7 Å². The molecule has 0 saturated heterocycles. The van der Waals surface area contributed by atoms with Crippen LogP contribution in [0.15, 0.2) is 46.8 Å². The number of benzene rings is 1. The summed E-state index contributed by atoms with van der Waals surface area (Å²) in [6.45, 7) is 3.86. The fourth-order valence-corrected chi connectivity index (χ4v) is 3.37. The lowest BCUT2D eigenvalue weighted by atomic mass is 10.2. The van der Waals surface area contributed by atoms with Gasteiger partial charge >= 0.3 is 5.97 Å². The quantitative estimate of drug-likeness (QED) is 0.724. The van der Waals surface area contributed by atoms with Crippen molar-refractivity contribution in [2.45, 2.75) is 36.2 Å². The number of carbonyl (C=O) groups is 1. The molecule has 0 aliphatic heterocycles. The summed E-state index contributed by atoms with van der Waals surface area (Å²) in [7, 11) is 0. The van der Waals surface area contributed by atoms with Crippen LogP contribution in [0.25, 0.3) is 11.2 Å². The molecule has 23 heavy (non-hydrogen) atoms. The highest BCUT2D eigenvalue weighted by atomic mass is 32.2. The molecular weight excluding hydrogens is 312 g/mol. The molecule has 0 bridgehead atoms. The molecule has 1 atom stereocenters. The van der Waals surface area contributed by atoms with Crippen LogP contribution in [0.5, 0.6) is 0 Å². The highest BCUT2D eigenvalue weighted by Crippen LogP contribution is 2.31. The molecule has 0 aliphatic carbocycles. The Morgan fingerprint density at radius 3 is 2.87 bits per heavy atom. The second-order valence-corrected chi connectivity index (χ2v) is 6.25. The topological polar surface area (TPSA) is 80.9 Å². The number of carboxylic acid groups (broad SMARTS) is 1. The van der Waals surface area contributed by atoms with Crippen molar-refractivity contribution in [3.8, 4) is 0 Å². The van der Waals surface area contributed by atoms with Crippen molar-refractivity contribution in [1.82, 2.24) is 19.5 Å². The van der Waals surface area contributed by atoms with Crippen molar-refractivity contribution >= 4 is 28.9 Å². The first-order chi connectivity index (χ1) is 11.1. The molecule has 6 nitrogen and oxygen atoms in total. The maximum Gasteiger partial charge on any atom is 0.326 e. The van der Waals surface area contributed by atoms with Crippen LogP contribution in [0.4, 0.5) is 0 Å². The van der Waals surface area contributed by atoms with E-state index in [1.807, 2.05) is 32.0 Å². The molecule has 2 heterocycles. The molecule has 0 amide bonds. The largest absolute Gasteiger partial charge is 0.480 e. The third-order valence-corrected chi connectivity index (χ3v) is 4.52. The number of rotatable bonds is 5. The minimum absolute atomic E-state index is 0.463. The van der Waals surface area contributed by atoms with Gasteiger partial charge in [0.1, 0.15) is 22.9 Å². The molecule has 7 heteroatoms. The number of imidazole rings is 1. The lowest BCUT2D eigenvalue weighted by Crippen LogP contribution is -2.17. The Hall–Kier alpha value is -2.41. The summed E-state index contributed by atoms with van der Waals surface area (Å²) in [5, 5.41) is 10.1. The molecule has 0 fully saturated rings. The number of nitrogens with zero attached hydrogens (tertiary/aromatic N) is 4. The second kappa shape index (κ2) is 6.37. The second-order valence-electron chi connectivity index (χ2n) is 5.18. The van der Waals surface area contributed by atoms with E-state index in [9.17, 15) is 9.90 Å². The van der Waals surface area contributed by atoms with Crippen molar-refractivity contribution in [1.29, 1.82) is 0 Å². The van der Waals surface area contributed by atoms with Gasteiger partial charge < -0.3 is 9.67 Å². The normalized spacial score (nSPS) is 12.4. The zero-order valence-electron chi connectivity index (χ0n) is 12.8. The number of carboxylic acids is 1. The van der Waals surface area contributed by atoms with E-state index in [0.717, 1.165) is 9.92 Å². The summed E-state index contributed by atoms with van der Waals surface area (Å²) < 4.78 is 1.60. The molecule has 3 rings (SSSR count). The van der Waals surface area contributed by atoms with Crippen molar-refractivity contribution in [2.24, 2.45) is 0 Å². The van der Waals surface area contributed by atoms with Crippen LogP contribution >= 0.6 is 11.8 Å². The average molecular weight is 328 g/mol. The predicted octanol–water partition coefficient (Wildman–Crippen LogP) is 3.32. The number of aryl methyl sites for hydroxylation is 1. The molecule has 0 radical (unpaired) electrons. The minimum atomic E-state index is -0.890. The fourth-order valence-electron chi connectivity index (χ4n) is 2.41. The van der Waals surface area contributed by atoms with Gasteiger partial charge in [0, 0.05) is 4.90 Å². The molecule has 118 valence electrons. The van der Waals surface area contributed by atoms with E-state index in [-0.39, 0.29) is 0 Å². The van der Waals surface area contributed by atoms with Gasteiger partial charge in [-0.05, 0) is 25.5 Å². The van der Waals surface area contributed by atoms with E-state index in [2.05, 4.69) is 21.0 Å². The monoisotopic (exact) mass is 328 g/mol. The third kappa shape index (κ3) is 3.05. The number of hydrogen-bond donors (Lipinski definition) is 1. The first kappa shape index (κ1) is 15.5. The van der Waals surface area contributed by atoms with Crippen LogP contribution in [0, 0.1) is 6.92 Å². The van der Waals surface area contributed by atoms with E-state index in [1.165, 1.54) is 30.0 Å². The Balaban J connectivity index is 2.03. The number of aliphatic carboxylic acids is 1. The van der Waals surface area contributed by atoms with Gasteiger partial charge in [-0.15, -0.1) is 0 Å². The van der Waals surface area contributed by atoms with Gasteiger partial charge in [-0.3, -0.25) is 0 Å². The van der Waals surface area contributed by atoms with Gasteiger partial charge in [0.15, 0.2) is 5.65 Å². The molecule has 1 aromatic carbocycles. The van der Waals surface area contributed by atoms with Crippen LogP contribution in [0.2, 0.25) is 0 Å². The number of hydrogen-bond acceptors (Lipinski definition) is 5. The maximum atomic E-state index is 11.4. The van der Waals surface area contributed by atoms with Crippen LogP contribution in [-0.2, 0) is 4.79 Å². The molecule has 0 spiro atoms. The summed E-state index contributed by atoms with van der Waals surface area (Å²) in [5.41, 5.74) is 2.34. The van der Waals surface area contributed by atoms with Crippen molar-refractivity contribution in [3.05, 3.63) is 42.5 Å². The molecule has 1 N–H and O–H groups in total. The SMILES string of the molecule is CCC(C(=O)O)n1cnc2c(Sc3cccc(C)c3)ncnc21. The average Bonchev–Trinajstić information content (AvgIpc) is 2.93. The fraction of sp³-hybridized carbons (Fsp3) is 0.250. The lowest BCUT2D eigenvalue weighted by molar-refractivity contribution is -0.140. The van der Waals surface area contributed by atoms with E-state index < -0.39 is 12.0 Å². The van der Waals surface area contributed by atoms with Gasteiger partial charge in [0.2, 0.25) is 0 Å². The smallest absolute Gasteiger partial charge is 0.326 e. The Kier molecular flexibility index (Phi) is 4.29. The Bertz CT molecular complexity index is 862. The maximum absolute atomic E-state index is 11.4. The molecule has 0 saturated carbocycles. The Morgan fingerprint density at radius 1 is 1.35 bits per heavy atom. The molecule has 3 aromatic rings. The number of aromatic nitrogens is 4. The first-order valence-corrected chi connectivity index (χ1v) is 8.06.